The molecule has 114 valence electrons. The van der Waals surface area contributed by atoms with E-state index in [9.17, 15) is 9.59 Å². The van der Waals surface area contributed by atoms with Gasteiger partial charge >= 0.3 is 11.9 Å². The van der Waals surface area contributed by atoms with Crippen molar-refractivity contribution < 1.29 is 19.8 Å². The highest BCUT2D eigenvalue weighted by Gasteiger charge is 2.21. The van der Waals surface area contributed by atoms with Gasteiger partial charge in [0.25, 0.3) is 0 Å². The minimum Gasteiger partial charge on any atom is -0.481 e. The maximum atomic E-state index is 11.0. The molecule has 0 aliphatic heterocycles. The summed E-state index contributed by atoms with van der Waals surface area (Å²) in [4.78, 5) is 21.6. The van der Waals surface area contributed by atoms with Gasteiger partial charge in [-0.25, -0.2) is 4.79 Å². The van der Waals surface area contributed by atoms with Crippen LogP contribution in [-0.4, -0.2) is 33.3 Å². The Kier molecular flexibility index (Phi) is 4.90. The zero-order valence-corrected chi connectivity index (χ0v) is 12.3. The van der Waals surface area contributed by atoms with Gasteiger partial charge in [-0.1, -0.05) is 30.3 Å². The first-order chi connectivity index (χ1) is 10.5. The first kappa shape index (κ1) is 15.7. The lowest BCUT2D eigenvalue weighted by Gasteiger charge is -2.16. The van der Waals surface area contributed by atoms with Crippen molar-refractivity contribution in [3.8, 4) is 0 Å². The van der Waals surface area contributed by atoms with Gasteiger partial charge in [0.15, 0.2) is 5.11 Å². The van der Waals surface area contributed by atoms with Gasteiger partial charge in [-0.2, -0.15) is 0 Å². The lowest BCUT2D eigenvalue weighted by Crippen LogP contribution is -2.44. The fourth-order valence-electron chi connectivity index (χ4n) is 1.97. The minimum absolute atomic E-state index is 0.0592. The number of hydrogen-bond acceptors (Lipinski definition) is 3. The first-order valence-corrected chi connectivity index (χ1v) is 6.87. The molecule has 1 unspecified atom stereocenters. The van der Waals surface area contributed by atoms with Crippen molar-refractivity contribution >= 4 is 45.7 Å². The molecule has 0 bridgehead atoms. The van der Waals surface area contributed by atoms with Crippen molar-refractivity contribution in [1.82, 2.24) is 5.32 Å². The van der Waals surface area contributed by atoms with E-state index in [2.05, 4.69) is 10.6 Å². The van der Waals surface area contributed by atoms with Gasteiger partial charge < -0.3 is 20.8 Å². The maximum absolute atomic E-state index is 11.0. The first-order valence-electron chi connectivity index (χ1n) is 6.46. The van der Waals surface area contributed by atoms with Crippen LogP contribution in [0.1, 0.15) is 6.42 Å². The van der Waals surface area contributed by atoms with Crippen molar-refractivity contribution in [2.45, 2.75) is 12.5 Å². The summed E-state index contributed by atoms with van der Waals surface area (Å²) in [6.07, 6.45) is -0.561. The molecule has 22 heavy (non-hydrogen) atoms. The number of fused-ring (bicyclic) bond motifs is 1. The Balaban J connectivity index is 2.06. The van der Waals surface area contributed by atoms with Gasteiger partial charge in [0.05, 0.1) is 6.42 Å². The number of nitrogens with one attached hydrogen (secondary N) is 2. The van der Waals surface area contributed by atoms with Crippen LogP contribution in [0.3, 0.4) is 0 Å². The monoisotopic (exact) mass is 318 g/mol. The van der Waals surface area contributed by atoms with Gasteiger partial charge in [0.2, 0.25) is 0 Å². The molecule has 7 heteroatoms. The largest absolute Gasteiger partial charge is 0.481 e. The molecule has 0 fully saturated rings. The summed E-state index contributed by atoms with van der Waals surface area (Å²) in [5.74, 6) is -2.49. The minimum atomic E-state index is -1.28. The molecule has 0 amide bonds. The third kappa shape index (κ3) is 4.16. The average Bonchev–Trinajstić information content (AvgIpc) is 2.45. The highest BCUT2D eigenvalue weighted by Crippen LogP contribution is 2.18. The Morgan fingerprint density at radius 3 is 2.41 bits per heavy atom. The molecule has 0 saturated heterocycles. The van der Waals surface area contributed by atoms with E-state index in [1.54, 1.807) is 0 Å². The van der Waals surface area contributed by atoms with E-state index >= 15 is 0 Å². The van der Waals surface area contributed by atoms with Gasteiger partial charge in [-0.05, 0) is 35.1 Å². The molecule has 0 aliphatic carbocycles. The zero-order chi connectivity index (χ0) is 16.1. The van der Waals surface area contributed by atoms with Crippen LogP contribution in [0.4, 0.5) is 5.69 Å². The van der Waals surface area contributed by atoms with E-state index in [1.807, 2.05) is 42.5 Å². The van der Waals surface area contributed by atoms with E-state index in [0.29, 0.717) is 5.69 Å². The molecule has 0 aromatic heterocycles. The van der Waals surface area contributed by atoms with Crippen molar-refractivity contribution in [3.63, 3.8) is 0 Å². The number of aliphatic carboxylic acids is 2. The Morgan fingerprint density at radius 1 is 1.09 bits per heavy atom. The molecule has 0 spiro atoms. The third-order valence-electron chi connectivity index (χ3n) is 2.99. The smallest absolute Gasteiger partial charge is 0.326 e. The predicted molar refractivity (Wildman–Crippen MR) is 87.0 cm³/mol. The Hall–Kier alpha value is -2.67. The Bertz CT molecular complexity index is 732. The van der Waals surface area contributed by atoms with Crippen LogP contribution >= 0.6 is 12.2 Å². The van der Waals surface area contributed by atoms with Gasteiger partial charge in [0.1, 0.15) is 6.04 Å². The SMILES string of the molecule is O=C(O)CC(NC(=S)Nc1ccc2ccccc2c1)C(=O)O. The summed E-state index contributed by atoms with van der Waals surface area (Å²) < 4.78 is 0. The number of anilines is 1. The van der Waals surface area contributed by atoms with E-state index < -0.39 is 24.4 Å². The summed E-state index contributed by atoms with van der Waals surface area (Å²) in [5, 5.41) is 25.1. The number of thiocarbonyl (C=S) groups is 1. The number of carbonyl (C=O) groups is 2. The molecular weight excluding hydrogens is 304 g/mol. The van der Waals surface area contributed by atoms with Gasteiger partial charge in [-0.3, -0.25) is 4.79 Å². The average molecular weight is 318 g/mol. The molecular formula is C15H14N2O4S. The lowest BCUT2D eigenvalue weighted by atomic mass is 10.1. The lowest BCUT2D eigenvalue weighted by molar-refractivity contribution is -0.145. The highest BCUT2D eigenvalue weighted by molar-refractivity contribution is 7.80. The van der Waals surface area contributed by atoms with Crippen LogP contribution in [0.15, 0.2) is 42.5 Å². The molecule has 6 nitrogen and oxygen atoms in total. The topological polar surface area (TPSA) is 98.7 Å². The molecule has 2 aromatic rings. The number of hydrogen-bond donors (Lipinski definition) is 4. The number of carboxylic acid groups (broad SMARTS) is 2. The fraction of sp³-hybridized carbons (Fsp3) is 0.133. The van der Waals surface area contributed by atoms with Gasteiger partial charge in [-0.15, -0.1) is 0 Å². The maximum Gasteiger partial charge on any atom is 0.326 e. The molecule has 0 heterocycles. The van der Waals surface area contributed by atoms with Crippen LogP contribution in [-0.2, 0) is 9.59 Å². The van der Waals surface area contributed by atoms with Crippen molar-refractivity contribution in [2.75, 3.05) is 5.32 Å². The van der Waals surface area contributed by atoms with E-state index in [0.717, 1.165) is 10.8 Å². The van der Waals surface area contributed by atoms with Crippen LogP contribution in [0, 0.1) is 0 Å². The molecule has 0 aliphatic rings. The molecule has 0 saturated carbocycles. The predicted octanol–water partition coefficient (Wildman–Crippen LogP) is 2.05. The van der Waals surface area contributed by atoms with Crippen molar-refractivity contribution in [2.24, 2.45) is 0 Å². The van der Waals surface area contributed by atoms with E-state index in [-0.39, 0.29) is 5.11 Å². The Morgan fingerprint density at radius 2 is 1.77 bits per heavy atom. The second kappa shape index (κ2) is 6.86. The van der Waals surface area contributed by atoms with Crippen LogP contribution in [0.2, 0.25) is 0 Å². The summed E-state index contributed by atoms with van der Waals surface area (Å²) in [5.41, 5.74) is 0.690. The van der Waals surface area contributed by atoms with Gasteiger partial charge in [0, 0.05) is 5.69 Å². The Labute approximate surface area is 131 Å². The second-order valence-corrected chi connectivity index (χ2v) is 5.06. The van der Waals surface area contributed by atoms with E-state index in [1.165, 1.54) is 0 Å². The molecule has 4 N–H and O–H groups in total. The van der Waals surface area contributed by atoms with E-state index in [4.69, 9.17) is 22.4 Å². The van der Waals surface area contributed by atoms with Crippen LogP contribution in [0.5, 0.6) is 0 Å². The number of carboxylic acids is 2. The summed E-state index contributed by atoms with van der Waals surface area (Å²) >= 11 is 5.03. The number of rotatable bonds is 5. The quantitative estimate of drug-likeness (QED) is 0.626. The molecule has 0 radical (unpaired) electrons. The number of benzene rings is 2. The van der Waals surface area contributed by atoms with Crippen molar-refractivity contribution in [1.29, 1.82) is 0 Å². The fourth-order valence-corrected chi connectivity index (χ4v) is 2.23. The zero-order valence-electron chi connectivity index (χ0n) is 11.4. The van der Waals surface area contributed by atoms with Crippen LogP contribution < -0.4 is 10.6 Å². The summed E-state index contributed by atoms with van der Waals surface area (Å²) in [7, 11) is 0. The second-order valence-electron chi connectivity index (χ2n) is 4.65. The van der Waals surface area contributed by atoms with Crippen molar-refractivity contribution in [3.05, 3.63) is 42.5 Å². The summed E-state index contributed by atoms with van der Waals surface area (Å²) in [6.45, 7) is 0. The third-order valence-corrected chi connectivity index (χ3v) is 3.21. The summed E-state index contributed by atoms with van der Waals surface area (Å²) in [6, 6.07) is 12.1. The van der Waals surface area contributed by atoms with Crippen LogP contribution in [0.25, 0.3) is 10.8 Å². The molecule has 2 aromatic carbocycles. The standard InChI is InChI=1S/C15H14N2O4S/c18-13(19)8-12(14(20)21)17-15(22)16-11-6-5-9-3-1-2-4-10(9)7-11/h1-7,12H,8H2,(H,18,19)(H,20,21)(H2,16,17,22). The molecule has 2 rings (SSSR count). The highest BCUT2D eigenvalue weighted by atomic mass is 32.1. The molecule has 1 atom stereocenters. The normalized spacial score (nSPS) is 11.6.